The lowest BCUT2D eigenvalue weighted by Crippen LogP contribution is -2.18. The first-order valence-corrected chi connectivity index (χ1v) is 4.74. The van der Waals surface area contributed by atoms with Gasteiger partial charge in [-0.05, 0) is 0 Å². The summed E-state index contributed by atoms with van der Waals surface area (Å²) in [5.41, 5.74) is 1.83. The van der Waals surface area contributed by atoms with Crippen LogP contribution in [0.15, 0.2) is 6.07 Å². The van der Waals surface area contributed by atoms with Crippen molar-refractivity contribution in [3.05, 3.63) is 11.9 Å². The van der Waals surface area contributed by atoms with Crippen molar-refractivity contribution in [2.24, 2.45) is 5.84 Å². The number of hydrazine groups is 1. The average molecular weight is 290 g/mol. The summed E-state index contributed by atoms with van der Waals surface area (Å²) in [6.07, 6.45) is -10.7. The van der Waals surface area contributed by atoms with Gasteiger partial charge in [-0.3, -0.25) is 0 Å². The number of nitrogens with two attached hydrogens (primary N) is 1. The number of nitrogens with zero attached hydrogens (tertiary/aromatic N) is 2. The van der Waals surface area contributed by atoms with Gasteiger partial charge in [0.15, 0.2) is 0 Å². The molecule has 0 unspecified atom stereocenters. The van der Waals surface area contributed by atoms with Gasteiger partial charge in [-0.2, -0.15) is 31.3 Å². The molecule has 5 nitrogen and oxygen atoms in total. The van der Waals surface area contributed by atoms with Crippen LogP contribution in [0.25, 0.3) is 0 Å². The van der Waals surface area contributed by atoms with E-state index in [0.717, 1.165) is 6.07 Å². The van der Waals surface area contributed by atoms with Crippen molar-refractivity contribution in [2.75, 3.05) is 12.0 Å². The second-order valence-corrected chi connectivity index (χ2v) is 3.27. The fourth-order valence-electron chi connectivity index (χ4n) is 0.971. The standard InChI is InChI=1S/C8H8F6N4O/c9-7(10,11)1-2-19-5-3-4(18-15)16-6(17-5)8(12,13)14/h3H,1-2,15H2,(H,16,17,18). The van der Waals surface area contributed by atoms with Crippen LogP contribution in [0, 0.1) is 0 Å². The third-order valence-electron chi connectivity index (χ3n) is 1.74. The van der Waals surface area contributed by atoms with Crippen molar-refractivity contribution in [3.63, 3.8) is 0 Å². The number of rotatable bonds is 4. The maximum atomic E-state index is 12.4. The minimum Gasteiger partial charge on any atom is -0.477 e. The molecule has 3 N–H and O–H groups in total. The Morgan fingerprint density at radius 1 is 1.16 bits per heavy atom. The van der Waals surface area contributed by atoms with Crippen LogP contribution in [0.5, 0.6) is 5.88 Å². The quantitative estimate of drug-likeness (QED) is 0.505. The molecule has 0 atom stereocenters. The summed E-state index contributed by atoms with van der Waals surface area (Å²) < 4.78 is 77.1. The zero-order chi connectivity index (χ0) is 14.7. The Kier molecular flexibility index (Phi) is 4.39. The molecular formula is C8H8F6N4O. The second kappa shape index (κ2) is 5.47. The first-order chi connectivity index (χ1) is 8.62. The van der Waals surface area contributed by atoms with Crippen LogP contribution < -0.4 is 16.0 Å². The van der Waals surface area contributed by atoms with Crippen LogP contribution in [0.4, 0.5) is 32.2 Å². The van der Waals surface area contributed by atoms with E-state index in [1.165, 1.54) is 0 Å². The van der Waals surface area contributed by atoms with Crippen LogP contribution in [0.2, 0.25) is 0 Å². The Bertz CT molecular complexity index is 432. The van der Waals surface area contributed by atoms with E-state index in [1.807, 2.05) is 5.43 Å². The van der Waals surface area contributed by atoms with E-state index >= 15 is 0 Å². The number of hydrogen-bond acceptors (Lipinski definition) is 5. The molecule has 0 amide bonds. The lowest BCUT2D eigenvalue weighted by atomic mass is 10.4. The Balaban J connectivity index is 2.83. The number of ether oxygens (including phenoxy) is 1. The monoisotopic (exact) mass is 290 g/mol. The Morgan fingerprint density at radius 3 is 2.26 bits per heavy atom. The highest BCUT2D eigenvalue weighted by Crippen LogP contribution is 2.29. The van der Waals surface area contributed by atoms with Gasteiger partial charge in [-0.15, -0.1) is 0 Å². The first kappa shape index (κ1) is 15.3. The van der Waals surface area contributed by atoms with Crippen LogP contribution in [-0.4, -0.2) is 22.8 Å². The van der Waals surface area contributed by atoms with Crippen molar-refractivity contribution in [1.29, 1.82) is 0 Å². The number of nitrogens with one attached hydrogen (secondary N) is 1. The van der Waals surface area contributed by atoms with Crippen LogP contribution in [-0.2, 0) is 6.18 Å². The number of anilines is 1. The number of halogens is 6. The molecule has 1 aromatic heterocycles. The third-order valence-corrected chi connectivity index (χ3v) is 1.74. The van der Waals surface area contributed by atoms with Gasteiger partial charge >= 0.3 is 12.4 Å². The molecule has 0 bridgehead atoms. The van der Waals surface area contributed by atoms with Crippen molar-refractivity contribution in [1.82, 2.24) is 9.97 Å². The second-order valence-electron chi connectivity index (χ2n) is 3.27. The zero-order valence-electron chi connectivity index (χ0n) is 9.14. The predicted molar refractivity (Wildman–Crippen MR) is 51.0 cm³/mol. The molecule has 0 spiro atoms. The molecule has 1 heterocycles. The van der Waals surface area contributed by atoms with Crippen LogP contribution in [0.3, 0.4) is 0 Å². The van der Waals surface area contributed by atoms with Gasteiger partial charge in [0, 0.05) is 6.07 Å². The highest BCUT2D eigenvalue weighted by atomic mass is 19.4. The fourth-order valence-corrected chi connectivity index (χ4v) is 0.971. The van der Waals surface area contributed by atoms with E-state index in [9.17, 15) is 26.3 Å². The summed E-state index contributed by atoms with van der Waals surface area (Å²) in [7, 11) is 0. The smallest absolute Gasteiger partial charge is 0.451 e. The van der Waals surface area contributed by atoms with Crippen molar-refractivity contribution < 1.29 is 31.1 Å². The number of aromatic nitrogens is 2. The Morgan fingerprint density at radius 2 is 1.79 bits per heavy atom. The third kappa shape index (κ3) is 5.16. The summed E-state index contributed by atoms with van der Waals surface area (Å²) in [4.78, 5) is 5.96. The normalized spacial score (nSPS) is 12.4. The van der Waals surface area contributed by atoms with E-state index in [-0.39, 0.29) is 0 Å². The molecule has 11 heteroatoms. The minimum atomic E-state index is -4.87. The van der Waals surface area contributed by atoms with Gasteiger partial charge in [0.05, 0.1) is 13.0 Å². The van der Waals surface area contributed by atoms with Gasteiger partial charge in [0.25, 0.3) is 0 Å². The molecule has 0 aliphatic rings. The van der Waals surface area contributed by atoms with Crippen molar-refractivity contribution in [2.45, 2.75) is 18.8 Å². The fraction of sp³-hybridized carbons (Fsp3) is 0.500. The lowest BCUT2D eigenvalue weighted by Gasteiger charge is -2.11. The molecule has 0 saturated heterocycles. The largest absolute Gasteiger partial charge is 0.477 e. The Hall–Kier alpha value is -1.78. The molecule has 0 saturated carbocycles. The van der Waals surface area contributed by atoms with Gasteiger partial charge in [0.2, 0.25) is 11.7 Å². The van der Waals surface area contributed by atoms with Crippen molar-refractivity contribution >= 4 is 5.82 Å². The molecule has 108 valence electrons. The van der Waals surface area contributed by atoms with E-state index < -0.39 is 42.9 Å². The van der Waals surface area contributed by atoms with Gasteiger partial charge < -0.3 is 10.2 Å². The minimum absolute atomic E-state index is 0.427. The first-order valence-electron chi connectivity index (χ1n) is 4.74. The van der Waals surface area contributed by atoms with Gasteiger partial charge in [-0.25, -0.2) is 10.8 Å². The van der Waals surface area contributed by atoms with Gasteiger partial charge in [0.1, 0.15) is 5.82 Å². The number of nitrogen functional groups attached to an aromatic ring is 1. The van der Waals surface area contributed by atoms with E-state index in [1.54, 1.807) is 0 Å². The van der Waals surface area contributed by atoms with E-state index in [0.29, 0.717) is 0 Å². The predicted octanol–water partition coefficient (Wildman–Crippen LogP) is 2.11. The highest BCUT2D eigenvalue weighted by Gasteiger charge is 2.36. The molecule has 0 fully saturated rings. The zero-order valence-corrected chi connectivity index (χ0v) is 9.14. The summed E-state index contributed by atoms with van der Waals surface area (Å²) in [5, 5.41) is 0. The molecule has 1 rings (SSSR count). The SMILES string of the molecule is NNc1cc(OCCC(F)(F)F)nc(C(F)(F)F)n1. The number of hydrogen-bond donors (Lipinski definition) is 2. The summed E-state index contributed by atoms with van der Waals surface area (Å²) >= 11 is 0. The summed E-state index contributed by atoms with van der Waals surface area (Å²) in [6.45, 7) is -0.859. The van der Waals surface area contributed by atoms with E-state index in [4.69, 9.17) is 5.84 Å². The van der Waals surface area contributed by atoms with Crippen molar-refractivity contribution in [3.8, 4) is 5.88 Å². The lowest BCUT2D eigenvalue weighted by molar-refractivity contribution is -0.146. The molecule has 0 aliphatic heterocycles. The average Bonchev–Trinajstić information content (AvgIpc) is 2.25. The van der Waals surface area contributed by atoms with E-state index in [2.05, 4.69) is 14.7 Å². The molecule has 0 aliphatic carbocycles. The number of alkyl halides is 6. The molecule has 1 aromatic rings. The molecule has 19 heavy (non-hydrogen) atoms. The molecule has 0 radical (unpaired) electrons. The maximum Gasteiger partial charge on any atom is 0.451 e. The van der Waals surface area contributed by atoms with Gasteiger partial charge in [-0.1, -0.05) is 0 Å². The van der Waals surface area contributed by atoms with Crippen LogP contribution >= 0.6 is 0 Å². The summed E-state index contributed by atoms with van der Waals surface area (Å²) in [6, 6.07) is 0.853. The Labute approximate surface area is 102 Å². The maximum absolute atomic E-state index is 12.4. The highest BCUT2D eigenvalue weighted by molar-refractivity contribution is 5.37. The molecular weight excluding hydrogens is 282 g/mol. The van der Waals surface area contributed by atoms with Crippen LogP contribution in [0.1, 0.15) is 12.2 Å². The summed E-state index contributed by atoms with van der Waals surface area (Å²) in [5.74, 6) is 2.24. The molecule has 0 aromatic carbocycles. The topological polar surface area (TPSA) is 73.1 Å².